The first-order chi connectivity index (χ1) is 16.5. The summed E-state index contributed by atoms with van der Waals surface area (Å²) in [6.07, 6.45) is 2.09. The Kier molecular flexibility index (Phi) is 7.38. The number of nitrogens with zero attached hydrogens (tertiary/aromatic N) is 1. The number of fused-ring (bicyclic) bond motifs is 1. The molecule has 0 saturated heterocycles. The summed E-state index contributed by atoms with van der Waals surface area (Å²) in [6.45, 7) is 3.25. The van der Waals surface area contributed by atoms with Gasteiger partial charge in [0.05, 0.1) is 6.61 Å². The molecule has 0 spiro atoms. The number of benzene rings is 3. The van der Waals surface area contributed by atoms with Crippen LogP contribution in [-0.2, 0) is 16.1 Å². The first kappa shape index (κ1) is 23.6. The molecule has 1 N–H and O–H groups in total. The highest BCUT2D eigenvalue weighted by molar-refractivity contribution is 5.87. The zero-order valence-electron chi connectivity index (χ0n) is 19.4. The van der Waals surface area contributed by atoms with Crippen molar-refractivity contribution in [1.29, 1.82) is 0 Å². The number of methoxy groups -OCH3 is 1. The summed E-state index contributed by atoms with van der Waals surface area (Å²) < 4.78 is 35.5. The Hall–Kier alpha value is -3.51. The zero-order valence-corrected chi connectivity index (χ0v) is 19.4. The second kappa shape index (κ2) is 10.6. The number of carbonyl (C=O) groups excluding carboxylic acids is 1. The molecular weight excluding hydrogens is 434 g/mol. The second-order valence-corrected chi connectivity index (χ2v) is 8.48. The van der Waals surface area contributed by atoms with Gasteiger partial charge >= 0.3 is 0 Å². The first-order valence-electron chi connectivity index (χ1n) is 11.3. The van der Waals surface area contributed by atoms with E-state index in [0.717, 1.165) is 27.6 Å². The number of ether oxygens (including phenoxy) is 1. The third kappa shape index (κ3) is 5.34. The van der Waals surface area contributed by atoms with E-state index in [9.17, 15) is 9.18 Å². The Labute approximate surface area is 198 Å². The van der Waals surface area contributed by atoms with E-state index in [1.807, 2.05) is 43.5 Å². The van der Waals surface area contributed by atoms with Crippen molar-refractivity contribution in [1.82, 2.24) is 9.88 Å². The number of rotatable bonds is 9. The number of hydrogen-bond acceptors (Lipinski definition) is 2. The molecule has 176 valence electrons. The molecule has 0 bridgehead atoms. The fraction of sp³-hybridized carbons (Fsp3) is 0.250. The Morgan fingerprint density at radius 2 is 1.79 bits per heavy atom. The van der Waals surface area contributed by atoms with E-state index >= 15 is 4.39 Å². The van der Waals surface area contributed by atoms with Gasteiger partial charge in [0.15, 0.2) is 0 Å². The Morgan fingerprint density at radius 1 is 1.03 bits per heavy atom. The van der Waals surface area contributed by atoms with Crippen molar-refractivity contribution in [2.24, 2.45) is 0 Å². The number of aryl methyl sites for hydroxylation is 1. The average molecular weight is 463 g/mol. The highest BCUT2D eigenvalue weighted by Gasteiger charge is 2.25. The van der Waals surface area contributed by atoms with Crippen LogP contribution in [0.4, 0.5) is 8.78 Å². The summed E-state index contributed by atoms with van der Waals surface area (Å²) in [6, 6.07) is 19.3. The number of carbonyl (C=O) groups is 1. The highest BCUT2D eigenvalue weighted by atomic mass is 19.1. The van der Waals surface area contributed by atoms with Crippen LogP contribution in [0.15, 0.2) is 72.9 Å². The number of amides is 1. The molecule has 1 amide bonds. The van der Waals surface area contributed by atoms with Crippen LogP contribution in [-0.4, -0.2) is 30.7 Å². The molecule has 0 saturated carbocycles. The topological polar surface area (TPSA) is 43.3 Å². The highest BCUT2D eigenvalue weighted by Crippen LogP contribution is 2.36. The number of nitrogens with one attached hydrogen (secondary N) is 1. The molecule has 1 aromatic heterocycles. The van der Waals surface area contributed by atoms with Crippen LogP contribution in [0.3, 0.4) is 0 Å². The molecule has 1 unspecified atom stereocenters. The summed E-state index contributed by atoms with van der Waals surface area (Å²) in [5, 5.41) is 3.82. The zero-order chi connectivity index (χ0) is 24.1. The fourth-order valence-corrected chi connectivity index (χ4v) is 4.34. The van der Waals surface area contributed by atoms with E-state index in [4.69, 9.17) is 4.74 Å². The molecule has 0 aliphatic carbocycles. The normalized spacial score (nSPS) is 12.1. The van der Waals surface area contributed by atoms with Gasteiger partial charge in [0.2, 0.25) is 5.91 Å². The van der Waals surface area contributed by atoms with Gasteiger partial charge in [0.1, 0.15) is 11.6 Å². The lowest BCUT2D eigenvalue weighted by Gasteiger charge is -2.18. The van der Waals surface area contributed by atoms with Crippen LogP contribution < -0.4 is 5.32 Å². The maximum absolute atomic E-state index is 15.1. The average Bonchev–Trinajstić information content (AvgIpc) is 3.19. The van der Waals surface area contributed by atoms with Gasteiger partial charge in [-0.3, -0.25) is 4.79 Å². The molecule has 0 aliphatic heterocycles. The van der Waals surface area contributed by atoms with Gasteiger partial charge < -0.3 is 14.6 Å². The van der Waals surface area contributed by atoms with Crippen molar-refractivity contribution in [2.75, 3.05) is 20.3 Å². The summed E-state index contributed by atoms with van der Waals surface area (Å²) >= 11 is 0. The van der Waals surface area contributed by atoms with Crippen molar-refractivity contribution >= 4 is 16.8 Å². The van der Waals surface area contributed by atoms with E-state index in [1.54, 1.807) is 25.3 Å². The van der Waals surface area contributed by atoms with Gasteiger partial charge in [-0.15, -0.1) is 0 Å². The summed E-state index contributed by atoms with van der Waals surface area (Å²) in [5.41, 5.74) is 4.22. The molecule has 0 fully saturated rings. The quantitative estimate of drug-likeness (QED) is 0.331. The van der Waals surface area contributed by atoms with Gasteiger partial charge in [-0.2, -0.15) is 0 Å². The molecule has 4 rings (SSSR count). The number of halogens is 2. The Bertz CT molecular complexity index is 1280. The molecule has 1 heterocycles. The molecule has 0 aliphatic rings. The molecule has 3 aromatic carbocycles. The number of hydrogen-bond donors (Lipinski definition) is 1. The van der Waals surface area contributed by atoms with Gasteiger partial charge in [-0.25, -0.2) is 8.78 Å². The molecule has 0 radical (unpaired) electrons. The standard InChI is InChI=1S/C28H28F2N2O2/c1-19-7-12-26(30)24(15-19)23(16-28(33)31-13-14-34-2)25-18-32(27-6-4-3-5-22(25)27)17-20-8-10-21(29)11-9-20/h3-12,15,18,23H,13-14,16-17H2,1-2H3,(H,31,33). The van der Waals surface area contributed by atoms with Crippen molar-refractivity contribution in [3.63, 3.8) is 0 Å². The predicted molar refractivity (Wildman–Crippen MR) is 130 cm³/mol. The Balaban J connectivity index is 1.78. The third-order valence-corrected chi connectivity index (χ3v) is 6.01. The van der Waals surface area contributed by atoms with Crippen molar-refractivity contribution in [2.45, 2.75) is 25.8 Å². The second-order valence-electron chi connectivity index (χ2n) is 8.48. The van der Waals surface area contributed by atoms with Gasteiger partial charge in [0, 0.05) is 49.6 Å². The van der Waals surface area contributed by atoms with Crippen LogP contribution >= 0.6 is 0 Å². The monoisotopic (exact) mass is 462 g/mol. The van der Waals surface area contributed by atoms with Gasteiger partial charge in [-0.05, 0) is 47.9 Å². The van der Waals surface area contributed by atoms with Crippen LogP contribution in [0.25, 0.3) is 10.9 Å². The lowest BCUT2D eigenvalue weighted by molar-refractivity contribution is -0.121. The molecule has 4 nitrogen and oxygen atoms in total. The molecular formula is C28H28F2N2O2. The van der Waals surface area contributed by atoms with Gasteiger partial charge in [0.25, 0.3) is 0 Å². The van der Waals surface area contributed by atoms with Crippen LogP contribution in [0.5, 0.6) is 0 Å². The number of para-hydroxylation sites is 1. The lowest BCUT2D eigenvalue weighted by Crippen LogP contribution is -2.28. The molecule has 4 aromatic rings. The SMILES string of the molecule is COCCNC(=O)CC(c1cc(C)ccc1F)c1cn(Cc2ccc(F)cc2)c2ccccc12. The van der Waals surface area contributed by atoms with Gasteiger partial charge in [-0.1, -0.05) is 48.0 Å². The maximum Gasteiger partial charge on any atom is 0.221 e. The smallest absolute Gasteiger partial charge is 0.221 e. The van der Waals surface area contributed by atoms with E-state index in [-0.39, 0.29) is 24.0 Å². The van der Waals surface area contributed by atoms with Crippen LogP contribution in [0, 0.1) is 18.6 Å². The first-order valence-corrected chi connectivity index (χ1v) is 11.3. The molecule has 6 heteroatoms. The summed E-state index contributed by atoms with van der Waals surface area (Å²) in [4.78, 5) is 12.8. The van der Waals surface area contributed by atoms with Crippen molar-refractivity contribution < 1.29 is 18.3 Å². The van der Waals surface area contributed by atoms with E-state index in [0.29, 0.717) is 25.3 Å². The van der Waals surface area contributed by atoms with E-state index < -0.39 is 5.92 Å². The summed E-state index contributed by atoms with van der Waals surface area (Å²) in [7, 11) is 1.58. The van der Waals surface area contributed by atoms with E-state index in [2.05, 4.69) is 9.88 Å². The summed E-state index contributed by atoms with van der Waals surface area (Å²) in [5.74, 6) is -1.26. The van der Waals surface area contributed by atoms with Crippen molar-refractivity contribution in [3.8, 4) is 0 Å². The minimum absolute atomic E-state index is 0.106. The van der Waals surface area contributed by atoms with Crippen LogP contribution in [0.1, 0.15) is 34.6 Å². The Morgan fingerprint density at radius 3 is 2.56 bits per heavy atom. The minimum atomic E-state index is -0.471. The van der Waals surface area contributed by atoms with Crippen LogP contribution in [0.2, 0.25) is 0 Å². The minimum Gasteiger partial charge on any atom is -0.383 e. The molecule has 1 atom stereocenters. The predicted octanol–water partition coefficient (Wildman–Crippen LogP) is 5.56. The fourth-order valence-electron chi connectivity index (χ4n) is 4.34. The maximum atomic E-state index is 15.1. The lowest BCUT2D eigenvalue weighted by atomic mass is 9.87. The van der Waals surface area contributed by atoms with Crippen molar-refractivity contribution in [3.05, 3.63) is 107 Å². The molecule has 34 heavy (non-hydrogen) atoms. The number of aromatic nitrogens is 1. The third-order valence-electron chi connectivity index (χ3n) is 6.01. The van der Waals surface area contributed by atoms with E-state index in [1.165, 1.54) is 18.2 Å². The largest absolute Gasteiger partial charge is 0.383 e.